The van der Waals surface area contributed by atoms with Crippen molar-refractivity contribution in [2.75, 3.05) is 17.7 Å². The van der Waals surface area contributed by atoms with Gasteiger partial charge in [0.05, 0.1) is 16.6 Å². The molecule has 7 heteroatoms. The molecule has 1 aliphatic rings. The number of carbonyl (C=O) groups excluding carboxylic acids is 1. The van der Waals surface area contributed by atoms with Gasteiger partial charge in [0.15, 0.2) is 0 Å². The van der Waals surface area contributed by atoms with Crippen LogP contribution in [0.2, 0.25) is 0 Å². The summed E-state index contributed by atoms with van der Waals surface area (Å²) in [4.78, 5) is 24.9. The van der Waals surface area contributed by atoms with Crippen molar-refractivity contribution in [1.29, 1.82) is 0 Å². The first kappa shape index (κ1) is 18.4. The molecule has 0 radical (unpaired) electrons. The van der Waals surface area contributed by atoms with Gasteiger partial charge in [-0.3, -0.25) is 19.4 Å². The van der Waals surface area contributed by atoms with Gasteiger partial charge in [-0.25, -0.2) is 0 Å². The molecule has 2 atom stereocenters. The number of hydrogen-bond donors (Lipinski definition) is 2. The lowest BCUT2D eigenvalue weighted by molar-refractivity contribution is -0.113. The van der Waals surface area contributed by atoms with Crippen molar-refractivity contribution in [2.24, 2.45) is 0 Å². The van der Waals surface area contributed by atoms with Crippen LogP contribution in [0.4, 0.5) is 5.82 Å². The average molecular weight is 373 g/mol. The summed E-state index contributed by atoms with van der Waals surface area (Å²) in [7, 11) is 0. The molecule has 0 spiro atoms. The molecular weight excluding hydrogens is 350 g/mol. The first-order chi connectivity index (χ1) is 12.5. The number of nitrogens with one attached hydrogen (secondary N) is 2. The number of ether oxygens (including phenoxy) is 1. The summed E-state index contributed by atoms with van der Waals surface area (Å²) >= 11 is 1.46. The molecule has 2 N–H and O–H groups in total. The van der Waals surface area contributed by atoms with Gasteiger partial charge in [-0.15, -0.1) is 11.8 Å². The molecular formula is C19H23N3O3S. The number of H-pyrrole nitrogens is 1. The highest BCUT2D eigenvalue weighted by atomic mass is 32.2. The van der Waals surface area contributed by atoms with Gasteiger partial charge in [0.25, 0.3) is 5.56 Å². The summed E-state index contributed by atoms with van der Waals surface area (Å²) < 4.78 is 7.29. The zero-order valence-electron chi connectivity index (χ0n) is 15.0. The second-order valence-electron chi connectivity index (χ2n) is 6.24. The molecule has 1 aliphatic heterocycles. The van der Waals surface area contributed by atoms with E-state index in [1.54, 1.807) is 10.8 Å². The van der Waals surface area contributed by atoms with E-state index >= 15 is 0 Å². The Balaban J connectivity index is 2.02. The van der Waals surface area contributed by atoms with E-state index < -0.39 is 0 Å². The molecule has 0 bridgehead atoms. The van der Waals surface area contributed by atoms with Gasteiger partial charge in [-0.1, -0.05) is 31.7 Å². The number of fused-ring (bicyclic) bond motifs is 1. The van der Waals surface area contributed by atoms with Crippen molar-refractivity contribution in [3.05, 3.63) is 58.4 Å². The maximum Gasteiger partial charge on any atom is 0.270 e. The van der Waals surface area contributed by atoms with Crippen molar-refractivity contribution in [3.63, 3.8) is 0 Å². The number of benzene rings is 1. The predicted molar refractivity (Wildman–Crippen MR) is 105 cm³/mol. The average Bonchev–Trinajstić information content (AvgIpc) is 2.85. The summed E-state index contributed by atoms with van der Waals surface area (Å²) in [6.45, 7) is 8.14. The van der Waals surface area contributed by atoms with Crippen LogP contribution in [0.15, 0.2) is 41.7 Å². The van der Waals surface area contributed by atoms with E-state index in [-0.39, 0.29) is 22.8 Å². The Kier molecular flexibility index (Phi) is 5.56. The summed E-state index contributed by atoms with van der Waals surface area (Å²) in [5.41, 5.74) is 1.40. The van der Waals surface area contributed by atoms with E-state index in [0.29, 0.717) is 23.7 Å². The van der Waals surface area contributed by atoms with Crippen LogP contribution in [-0.2, 0) is 4.79 Å². The molecule has 1 aromatic heterocycles. The standard InChI is InChI=1S/C19H23N3O3S/c1-4-10-25-14-8-6-13(7-9-14)17-16-18(20-15(23)11-26-17)22(12(3)5-2)21-19(16)24/h4,6-9,12,17H,1,5,10-11H2,2-3H3,(H,20,23)(H,21,24). The third-order valence-electron chi connectivity index (χ3n) is 4.45. The van der Waals surface area contributed by atoms with E-state index in [2.05, 4.69) is 17.0 Å². The Bertz CT molecular complexity index is 854. The normalized spacial score (nSPS) is 17.8. The van der Waals surface area contributed by atoms with Crippen LogP contribution < -0.4 is 15.6 Å². The molecule has 3 rings (SSSR count). The number of aromatic amines is 1. The van der Waals surface area contributed by atoms with E-state index in [9.17, 15) is 9.59 Å². The Morgan fingerprint density at radius 2 is 2.12 bits per heavy atom. The Labute approximate surface area is 156 Å². The zero-order valence-corrected chi connectivity index (χ0v) is 15.8. The fraction of sp³-hybridized carbons (Fsp3) is 0.368. The molecule has 26 heavy (non-hydrogen) atoms. The summed E-state index contributed by atoms with van der Waals surface area (Å²) in [5.74, 6) is 1.53. The van der Waals surface area contributed by atoms with Gasteiger partial charge >= 0.3 is 0 Å². The van der Waals surface area contributed by atoms with Crippen LogP contribution in [0.3, 0.4) is 0 Å². The van der Waals surface area contributed by atoms with E-state index in [1.165, 1.54) is 11.8 Å². The molecule has 0 saturated carbocycles. The SMILES string of the molecule is C=CCOc1ccc(C2SCC(=O)Nc3c2c(=O)[nH]n3C(C)CC)cc1. The van der Waals surface area contributed by atoms with Crippen LogP contribution in [-0.4, -0.2) is 28.0 Å². The lowest BCUT2D eigenvalue weighted by atomic mass is 10.1. The van der Waals surface area contributed by atoms with Crippen LogP contribution in [0, 0.1) is 0 Å². The topological polar surface area (TPSA) is 76.1 Å². The number of hydrogen-bond acceptors (Lipinski definition) is 4. The Hall–Kier alpha value is -2.41. The van der Waals surface area contributed by atoms with E-state index in [1.807, 2.05) is 38.1 Å². The van der Waals surface area contributed by atoms with Gasteiger partial charge in [0.1, 0.15) is 18.2 Å². The Morgan fingerprint density at radius 3 is 2.77 bits per heavy atom. The molecule has 0 fully saturated rings. The molecule has 2 unspecified atom stereocenters. The van der Waals surface area contributed by atoms with E-state index in [4.69, 9.17) is 4.74 Å². The van der Waals surface area contributed by atoms with Gasteiger partial charge in [-0.2, -0.15) is 0 Å². The van der Waals surface area contributed by atoms with Gasteiger partial charge in [-0.05, 0) is 31.0 Å². The monoisotopic (exact) mass is 373 g/mol. The number of rotatable bonds is 6. The molecule has 1 amide bonds. The third-order valence-corrected chi connectivity index (χ3v) is 5.72. The smallest absolute Gasteiger partial charge is 0.270 e. The molecule has 138 valence electrons. The van der Waals surface area contributed by atoms with Crippen molar-refractivity contribution < 1.29 is 9.53 Å². The van der Waals surface area contributed by atoms with E-state index in [0.717, 1.165) is 17.7 Å². The van der Waals surface area contributed by atoms with Gasteiger partial charge in [0, 0.05) is 6.04 Å². The van der Waals surface area contributed by atoms with Gasteiger partial charge in [0.2, 0.25) is 5.91 Å². The molecule has 1 aromatic carbocycles. The number of thioether (sulfide) groups is 1. The second-order valence-corrected chi connectivity index (χ2v) is 7.33. The predicted octanol–water partition coefficient (Wildman–Crippen LogP) is 3.49. The largest absolute Gasteiger partial charge is 0.490 e. The third kappa shape index (κ3) is 3.58. The highest BCUT2D eigenvalue weighted by Gasteiger charge is 2.31. The summed E-state index contributed by atoms with van der Waals surface area (Å²) in [5, 5.41) is 5.58. The summed E-state index contributed by atoms with van der Waals surface area (Å²) in [6.07, 6.45) is 2.54. The molecule has 0 saturated heterocycles. The number of nitrogens with zero attached hydrogens (tertiary/aromatic N) is 1. The number of amides is 1. The van der Waals surface area contributed by atoms with Crippen LogP contribution in [0.5, 0.6) is 5.75 Å². The summed E-state index contributed by atoms with van der Waals surface area (Å²) in [6, 6.07) is 7.72. The maximum absolute atomic E-state index is 12.7. The lowest BCUT2D eigenvalue weighted by Crippen LogP contribution is -2.18. The lowest BCUT2D eigenvalue weighted by Gasteiger charge is -2.16. The molecule has 2 aromatic rings. The zero-order chi connectivity index (χ0) is 18.7. The molecule has 6 nitrogen and oxygen atoms in total. The fourth-order valence-electron chi connectivity index (χ4n) is 2.91. The minimum absolute atomic E-state index is 0.0881. The minimum Gasteiger partial charge on any atom is -0.490 e. The van der Waals surface area contributed by atoms with Crippen molar-refractivity contribution in [2.45, 2.75) is 31.6 Å². The van der Waals surface area contributed by atoms with Crippen molar-refractivity contribution >= 4 is 23.5 Å². The van der Waals surface area contributed by atoms with Crippen LogP contribution in [0.25, 0.3) is 0 Å². The highest BCUT2D eigenvalue weighted by Crippen LogP contribution is 2.40. The van der Waals surface area contributed by atoms with Crippen molar-refractivity contribution in [3.8, 4) is 5.75 Å². The Morgan fingerprint density at radius 1 is 1.38 bits per heavy atom. The highest BCUT2D eigenvalue weighted by molar-refractivity contribution is 8.00. The van der Waals surface area contributed by atoms with Crippen molar-refractivity contribution in [1.82, 2.24) is 9.78 Å². The number of anilines is 1. The molecule has 2 heterocycles. The fourth-order valence-corrected chi connectivity index (χ4v) is 4.04. The molecule has 0 aliphatic carbocycles. The van der Waals surface area contributed by atoms with Crippen LogP contribution in [0.1, 0.15) is 42.7 Å². The first-order valence-electron chi connectivity index (χ1n) is 8.64. The van der Waals surface area contributed by atoms with Gasteiger partial charge < -0.3 is 10.1 Å². The first-order valence-corrected chi connectivity index (χ1v) is 9.69. The van der Waals surface area contributed by atoms with Crippen LogP contribution >= 0.6 is 11.8 Å². The number of carbonyl (C=O) groups is 1. The second kappa shape index (κ2) is 7.86. The minimum atomic E-state index is -0.216. The number of aromatic nitrogens is 2. The maximum atomic E-state index is 12.7. The quantitative estimate of drug-likeness (QED) is 0.760.